The quantitative estimate of drug-likeness (QED) is 0.632. The molecule has 110 valence electrons. The lowest BCUT2D eigenvalue weighted by Gasteiger charge is -2.20. The third-order valence-electron chi connectivity index (χ3n) is 2.53. The number of hydrogen-bond donors (Lipinski definition) is 1. The molecule has 0 spiro atoms. The molecule has 1 aromatic rings. The van der Waals surface area contributed by atoms with Crippen molar-refractivity contribution in [3.63, 3.8) is 0 Å². The van der Waals surface area contributed by atoms with Gasteiger partial charge in [0.15, 0.2) is 0 Å². The lowest BCUT2D eigenvalue weighted by molar-refractivity contribution is -0.384. The van der Waals surface area contributed by atoms with Crippen molar-refractivity contribution >= 4 is 23.2 Å². The van der Waals surface area contributed by atoms with Crippen LogP contribution in [0.15, 0.2) is 18.2 Å². The molecule has 0 fully saturated rings. The highest BCUT2D eigenvalue weighted by Gasteiger charge is 2.19. The van der Waals surface area contributed by atoms with E-state index in [0.717, 1.165) is 12.1 Å². The molecule has 0 aliphatic rings. The number of nitro benzene ring substituents is 1. The Bertz CT molecular complexity index is 509. The van der Waals surface area contributed by atoms with Gasteiger partial charge in [-0.15, -0.1) is 0 Å². The van der Waals surface area contributed by atoms with E-state index in [4.69, 9.17) is 16.3 Å². The summed E-state index contributed by atoms with van der Waals surface area (Å²) in [4.78, 5) is 23.5. The van der Waals surface area contributed by atoms with Gasteiger partial charge in [-0.25, -0.2) is 0 Å². The zero-order valence-electron chi connectivity index (χ0n) is 11.1. The van der Waals surface area contributed by atoms with Gasteiger partial charge in [0.25, 0.3) is 11.6 Å². The van der Waals surface area contributed by atoms with Crippen molar-refractivity contribution in [2.24, 2.45) is 0 Å². The highest BCUT2D eigenvalue weighted by atomic mass is 35.5. The van der Waals surface area contributed by atoms with Crippen LogP contribution in [0.5, 0.6) is 0 Å². The van der Waals surface area contributed by atoms with Crippen LogP contribution in [0.1, 0.15) is 10.4 Å². The minimum absolute atomic E-state index is 0.0486. The Morgan fingerprint density at radius 2 is 2.20 bits per heavy atom. The zero-order chi connectivity index (χ0) is 15.3. The van der Waals surface area contributed by atoms with Gasteiger partial charge in [0.05, 0.1) is 17.6 Å². The summed E-state index contributed by atoms with van der Waals surface area (Å²) in [6.45, 7) is 0.139. The summed E-state index contributed by atoms with van der Waals surface area (Å²) < 4.78 is 4.76. The second-order valence-electron chi connectivity index (χ2n) is 4.25. The molecule has 20 heavy (non-hydrogen) atoms. The van der Waals surface area contributed by atoms with Crippen LogP contribution in [0.3, 0.4) is 0 Å². The van der Waals surface area contributed by atoms with Crippen molar-refractivity contribution < 1.29 is 19.6 Å². The molecule has 1 unspecified atom stereocenters. The summed E-state index contributed by atoms with van der Waals surface area (Å²) in [5.74, 6) is -0.467. The normalized spacial score (nSPS) is 12.0. The SMILES string of the molecule is COCC(O)CN(C)C(=O)c1cc(Cl)cc([N+](=O)[O-])c1. The summed E-state index contributed by atoms with van der Waals surface area (Å²) in [6, 6.07) is 3.65. The summed E-state index contributed by atoms with van der Waals surface area (Å²) in [7, 11) is 2.92. The van der Waals surface area contributed by atoms with Gasteiger partial charge < -0.3 is 14.7 Å². The largest absolute Gasteiger partial charge is 0.389 e. The molecule has 0 heterocycles. The van der Waals surface area contributed by atoms with Crippen LogP contribution in [-0.4, -0.2) is 54.3 Å². The number of ether oxygens (including phenoxy) is 1. The van der Waals surface area contributed by atoms with Gasteiger partial charge in [0.1, 0.15) is 0 Å². The van der Waals surface area contributed by atoms with Crippen LogP contribution in [0.4, 0.5) is 5.69 Å². The number of hydrogen-bond acceptors (Lipinski definition) is 5. The number of non-ortho nitro benzene ring substituents is 1. The number of nitrogens with zero attached hydrogens (tertiary/aromatic N) is 2. The van der Waals surface area contributed by atoms with Crippen molar-refractivity contribution in [2.75, 3.05) is 27.3 Å². The van der Waals surface area contributed by atoms with Crippen LogP contribution in [0.25, 0.3) is 0 Å². The van der Waals surface area contributed by atoms with Gasteiger partial charge in [-0.3, -0.25) is 14.9 Å². The summed E-state index contributed by atoms with van der Waals surface area (Å²) in [6.07, 6.45) is -0.830. The monoisotopic (exact) mass is 302 g/mol. The number of amides is 1. The fourth-order valence-electron chi connectivity index (χ4n) is 1.67. The van der Waals surface area contributed by atoms with E-state index in [1.54, 1.807) is 0 Å². The molecule has 0 radical (unpaired) electrons. The molecule has 1 atom stereocenters. The average molecular weight is 303 g/mol. The Balaban J connectivity index is 2.88. The predicted molar refractivity (Wildman–Crippen MR) is 72.9 cm³/mol. The first-order valence-electron chi connectivity index (χ1n) is 5.72. The number of carbonyl (C=O) groups is 1. The van der Waals surface area contributed by atoms with Crippen LogP contribution >= 0.6 is 11.6 Å². The molecule has 1 N–H and O–H groups in total. The highest BCUT2D eigenvalue weighted by molar-refractivity contribution is 6.31. The number of halogens is 1. The molecule has 7 nitrogen and oxygen atoms in total. The number of aliphatic hydroxyl groups is 1. The first-order valence-corrected chi connectivity index (χ1v) is 6.10. The van der Waals surface area contributed by atoms with Crippen molar-refractivity contribution in [1.82, 2.24) is 4.90 Å². The Labute approximate surface area is 120 Å². The minimum atomic E-state index is -0.830. The van der Waals surface area contributed by atoms with Crippen LogP contribution in [0, 0.1) is 10.1 Å². The van der Waals surface area contributed by atoms with Gasteiger partial charge in [-0.2, -0.15) is 0 Å². The van der Waals surface area contributed by atoms with Crippen molar-refractivity contribution in [3.05, 3.63) is 38.9 Å². The van der Waals surface area contributed by atoms with Gasteiger partial charge in [0, 0.05) is 43.4 Å². The number of benzene rings is 1. The molecule has 0 aliphatic heterocycles. The Hall–Kier alpha value is -1.70. The lowest BCUT2D eigenvalue weighted by Crippen LogP contribution is -2.36. The third-order valence-corrected chi connectivity index (χ3v) is 2.75. The molecular formula is C12H15ClN2O5. The lowest BCUT2D eigenvalue weighted by atomic mass is 10.1. The third kappa shape index (κ3) is 4.44. The predicted octanol–water partition coefficient (Wildman–Crippen LogP) is 1.33. The second-order valence-corrected chi connectivity index (χ2v) is 4.69. The summed E-state index contributed by atoms with van der Waals surface area (Å²) in [5.41, 5.74) is -0.164. The van der Waals surface area contributed by atoms with Gasteiger partial charge in [-0.05, 0) is 6.07 Å². The Morgan fingerprint density at radius 3 is 2.75 bits per heavy atom. The van der Waals surface area contributed by atoms with Crippen LogP contribution < -0.4 is 0 Å². The molecule has 0 saturated carbocycles. The van der Waals surface area contributed by atoms with E-state index in [0.29, 0.717) is 0 Å². The van der Waals surface area contributed by atoms with E-state index in [1.165, 1.54) is 25.1 Å². The molecular weight excluding hydrogens is 288 g/mol. The summed E-state index contributed by atoms with van der Waals surface area (Å²) in [5, 5.41) is 20.4. The molecule has 0 bridgehead atoms. The van der Waals surface area contributed by atoms with E-state index < -0.39 is 16.9 Å². The van der Waals surface area contributed by atoms with Crippen molar-refractivity contribution in [2.45, 2.75) is 6.10 Å². The maximum atomic E-state index is 12.1. The molecule has 1 amide bonds. The number of nitro groups is 1. The van der Waals surface area contributed by atoms with E-state index in [2.05, 4.69) is 0 Å². The fraction of sp³-hybridized carbons (Fsp3) is 0.417. The number of rotatable bonds is 6. The molecule has 8 heteroatoms. The number of likely N-dealkylation sites (N-methyl/N-ethyl adjacent to an activating group) is 1. The maximum Gasteiger partial charge on any atom is 0.271 e. The molecule has 0 aromatic heterocycles. The van der Waals surface area contributed by atoms with E-state index in [-0.39, 0.29) is 29.4 Å². The van der Waals surface area contributed by atoms with E-state index >= 15 is 0 Å². The van der Waals surface area contributed by atoms with Crippen LogP contribution in [0.2, 0.25) is 5.02 Å². The van der Waals surface area contributed by atoms with E-state index in [9.17, 15) is 20.0 Å². The highest BCUT2D eigenvalue weighted by Crippen LogP contribution is 2.21. The number of methoxy groups -OCH3 is 1. The van der Waals surface area contributed by atoms with Crippen molar-refractivity contribution in [1.29, 1.82) is 0 Å². The second kappa shape index (κ2) is 7.18. The molecule has 1 rings (SSSR count). The average Bonchev–Trinajstić information content (AvgIpc) is 2.37. The molecule has 0 saturated heterocycles. The Morgan fingerprint density at radius 1 is 1.55 bits per heavy atom. The molecule has 0 aliphatic carbocycles. The fourth-order valence-corrected chi connectivity index (χ4v) is 1.90. The topological polar surface area (TPSA) is 92.9 Å². The minimum Gasteiger partial charge on any atom is -0.389 e. The summed E-state index contributed by atoms with van der Waals surface area (Å²) >= 11 is 5.75. The smallest absolute Gasteiger partial charge is 0.271 e. The zero-order valence-corrected chi connectivity index (χ0v) is 11.8. The van der Waals surface area contributed by atoms with Crippen LogP contribution in [-0.2, 0) is 4.74 Å². The number of aliphatic hydroxyl groups excluding tert-OH is 1. The maximum absolute atomic E-state index is 12.1. The van der Waals surface area contributed by atoms with Crippen molar-refractivity contribution in [3.8, 4) is 0 Å². The first-order chi connectivity index (χ1) is 9.35. The molecule has 1 aromatic carbocycles. The standard InChI is InChI=1S/C12H15ClN2O5/c1-14(6-11(16)7-20-2)12(17)8-3-9(13)5-10(4-8)15(18)19/h3-5,11,16H,6-7H2,1-2H3. The number of carbonyl (C=O) groups excluding carboxylic acids is 1. The Kier molecular flexibility index (Phi) is 5.87. The van der Waals surface area contributed by atoms with Gasteiger partial charge in [-0.1, -0.05) is 11.6 Å². The van der Waals surface area contributed by atoms with Gasteiger partial charge >= 0.3 is 0 Å². The van der Waals surface area contributed by atoms with E-state index in [1.807, 2.05) is 0 Å². The van der Waals surface area contributed by atoms with Gasteiger partial charge in [0.2, 0.25) is 0 Å². The first kappa shape index (κ1) is 16.4.